The van der Waals surface area contributed by atoms with Crippen LogP contribution in [-0.2, 0) is 7.05 Å². The van der Waals surface area contributed by atoms with Crippen LogP contribution in [0.4, 0.5) is 5.13 Å². The Balaban J connectivity index is 1.80. The number of carbonyl (C=O) groups excluding carboxylic acids is 1. The molecular weight excluding hydrogens is 330 g/mol. The molecule has 0 saturated carbocycles. The lowest BCUT2D eigenvalue weighted by atomic mass is 10.2. The quantitative estimate of drug-likeness (QED) is 0.751. The lowest BCUT2D eigenvalue weighted by molar-refractivity contribution is 0.0696. The van der Waals surface area contributed by atoms with Gasteiger partial charge >= 0.3 is 5.97 Å². The number of aromatic nitrogens is 4. The second-order valence-electron chi connectivity index (χ2n) is 4.99. The molecule has 1 amide bonds. The molecule has 0 fully saturated rings. The van der Waals surface area contributed by atoms with Gasteiger partial charge in [0.25, 0.3) is 5.91 Å². The number of nitrogens with zero attached hydrogens (tertiary/aromatic N) is 4. The van der Waals surface area contributed by atoms with E-state index in [0.29, 0.717) is 5.13 Å². The maximum atomic E-state index is 12.2. The maximum Gasteiger partial charge on any atom is 0.337 e. The van der Waals surface area contributed by atoms with Crippen LogP contribution in [0.25, 0.3) is 10.7 Å². The number of pyridine rings is 1. The summed E-state index contributed by atoms with van der Waals surface area (Å²) in [6, 6.07) is 2.69. The monoisotopic (exact) mass is 343 g/mol. The van der Waals surface area contributed by atoms with Gasteiger partial charge in [-0.1, -0.05) is 11.3 Å². The topological polar surface area (TPSA) is 110 Å². The molecule has 0 aromatic carbocycles. The molecule has 3 heterocycles. The van der Waals surface area contributed by atoms with Crippen LogP contribution in [-0.4, -0.2) is 36.5 Å². The minimum atomic E-state index is -1.09. The van der Waals surface area contributed by atoms with Gasteiger partial charge in [0.1, 0.15) is 5.69 Å². The predicted molar refractivity (Wildman–Crippen MR) is 88.2 cm³/mol. The number of hydrogen-bond acceptors (Lipinski definition) is 6. The van der Waals surface area contributed by atoms with Gasteiger partial charge in [0.05, 0.1) is 16.1 Å². The molecular formula is C15H13N5O3S. The van der Waals surface area contributed by atoms with Gasteiger partial charge in [-0.15, -0.1) is 0 Å². The van der Waals surface area contributed by atoms with Gasteiger partial charge in [0, 0.05) is 25.6 Å². The van der Waals surface area contributed by atoms with Crippen LogP contribution in [0.1, 0.15) is 26.5 Å². The first-order valence-electron chi connectivity index (χ1n) is 6.91. The van der Waals surface area contributed by atoms with Gasteiger partial charge in [-0.25, -0.2) is 14.8 Å². The average Bonchev–Trinajstić information content (AvgIpc) is 3.12. The van der Waals surface area contributed by atoms with Gasteiger partial charge < -0.3 is 9.67 Å². The van der Waals surface area contributed by atoms with E-state index in [2.05, 4.69) is 20.3 Å². The third-order valence-electron chi connectivity index (χ3n) is 3.28. The lowest BCUT2D eigenvalue weighted by Crippen LogP contribution is -2.14. The first-order valence-corrected chi connectivity index (χ1v) is 7.73. The molecule has 8 nitrogen and oxygen atoms in total. The number of aromatic carboxylic acids is 1. The van der Waals surface area contributed by atoms with E-state index in [1.54, 1.807) is 6.20 Å². The number of hydrogen-bond donors (Lipinski definition) is 2. The summed E-state index contributed by atoms with van der Waals surface area (Å²) in [5.74, 6) is -0.772. The lowest BCUT2D eigenvalue weighted by Gasteiger charge is -2.01. The second-order valence-corrected chi connectivity index (χ2v) is 5.99. The number of imidazole rings is 1. The molecule has 0 saturated heterocycles. The zero-order valence-electron chi connectivity index (χ0n) is 12.8. The van der Waals surface area contributed by atoms with Crippen LogP contribution >= 0.6 is 11.3 Å². The molecule has 9 heteroatoms. The molecule has 24 heavy (non-hydrogen) atoms. The molecule has 0 bridgehead atoms. The van der Waals surface area contributed by atoms with Crippen molar-refractivity contribution in [3.8, 4) is 10.7 Å². The van der Waals surface area contributed by atoms with Crippen LogP contribution in [0, 0.1) is 6.92 Å². The van der Waals surface area contributed by atoms with Crippen molar-refractivity contribution in [1.82, 2.24) is 19.5 Å². The van der Waals surface area contributed by atoms with E-state index in [-0.39, 0.29) is 11.3 Å². The Morgan fingerprint density at radius 2 is 2.08 bits per heavy atom. The van der Waals surface area contributed by atoms with E-state index in [4.69, 9.17) is 5.11 Å². The van der Waals surface area contributed by atoms with Crippen LogP contribution in [0.3, 0.4) is 0 Å². The molecule has 2 N–H and O–H groups in total. The highest BCUT2D eigenvalue weighted by atomic mass is 32.1. The van der Waals surface area contributed by atoms with Crippen LogP contribution in [0.2, 0.25) is 0 Å². The summed E-state index contributed by atoms with van der Waals surface area (Å²) in [5, 5.41) is 11.9. The Labute approximate surface area is 140 Å². The zero-order chi connectivity index (χ0) is 17.3. The minimum absolute atomic E-state index is 0.0220. The predicted octanol–water partition coefficient (Wildman–Crippen LogP) is 2.20. The van der Waals surface area contributed by atoms with Crippen molar-refractivity contribution in [1.29, 1.82) is 0 Å². The number of aryl methyl sites for hydroxylation is 2. The van der Waals surface area contributed by atoms with E-state index < -0.39 is 11.9 Å². The first kappa shape index (κ1) is 15.8. The molecule has 0 radical (unpaired) electrons. The number of rotatable bonds is 4. The van der Waals surface area contributed by atoms with Crippen molar-refractivity contribution in [2.45, 2.75) is 6.92 Å². The highest BCUT2D eigenvalue weighted by Crippen LogP contribution is 2.31. The molecule has 0 atom stereocenters. The van der Waals surface area contributed by atoms with Crippen molar-refractivity contribution >= 4 is 28.3 Å². The molecule has 3 aromatic rings. The summed E-state index contributed by atoms with van der Waals surface area (Å²) in [6.45, 7) is 1.84. The van der Waals surface area contributed by atoms with Crippen molar-refractivity contribution in [3.63, 3.8) is 0 Å². The summed E-state index contributed by atoms with van der Waals surface area (Å²) < 4.78 is 1.87. The largest absolute Gasteiger partial charge is 0.478 e. The molecule has 0 aliphatic heterocycles. The fraction of sp³-hybridized carbons (Fsp3) is 0.133. The molecule has 3 aromatic heterocycles. The van der Waals surface area contributed by atoms with Gasteiger partial charge in [0.15, 0.2) is 11.0 Å². The Kier molecular flexibility index (Phi) is 4.09. The van der Waals surface area contributed by atoms with Crippen LogP contribution in [0.5, 0.6) is 0 Å². The molecule has 3 rings (SSSR count). The van der Waals surface area contributed by atoms with E-state index in [9.17, 15) is 9.59 Å². The average molecular weight is 343 g/mol. The summed E-state index contributed by atoms with van der Waals surface area (Å²) in [4.78, 5) is 36.3. The zero-order valence-corrected chi connectivity index (χ0v) is 13.7. The third kappa shape index (κ3) is 3.01. The number of carbonyl (C=O) groups is 2. The van der Waals surface area contributed by atoms with E-state index in [1.807, 2.05) is 24.7 Å². The highest BCUT2D eigenvalue weighted by molar-refractivity contribution is 7.19. The molecule has 0 aliphatic rings. The Morgan fingerprint density at radius 1 is 1.29 bits per heavy atom. The third-order valence-corrected chi connectivity index (χ3v) is 4.35. The van der Waals surface area contributed by atoms with Crippen LogP contribution in [0.15, 0.2) is 30.7 Å². The molecule has 0 aliphatic carbocycles. The normalized spacial score (nSPS) is 10.6. The van der Waals surface area contributed by atoms with Crippen molar-refractivity contribution in [2.75, 3.05) is 5.32 Å². The van der Waals surface area contributed by atoms with Gasteiger partial charge in [-0.05, 0) is 19.1 Å². The van der Waals surface area contributed by atoms with Gasteiger partial charge in [0.2, 0.25) is 0 Å². The number of carboxylic acid groups (broad SMARTS) is 1. The summed E-state index contributed by atoms with van der Waals surface area (Å²) in [6.07, 6.45) is 4.67. The van der Waals surface area contributed by atoms with E-state index in [1.165, 1.54) is 23.5 Å². The first-order chi connectivity index (χ1) is 11.5. The number of nitrogens with one attached hydrogen (secondary N) is 1. The van der Waals surface area contributed by atoms with Crippen molar-refractivity contribution in [2.24, 2.45) is 7.05 Å². The van der Waals surface area contributed by atoms with Crippen molar-refractivity contribution in [3.05, 3.63) is 47.7 Å². The summed E-state index contributed by atoms with van der Waals surface area (Å²) in [7, 11) is 1.88. The van der Waals surface area contributed by atoms with Gasteiger partial charge in [-0.3, -0.25) is 15.1 Å². The highest BCUT2D eigenvalue weighted by Gasteiger charge is 2.16. The standard InChI is InChI=1S/C15H13N5O3S/c1-8-11(12-16-5-6-20(12)2)24-15(18-8)19-13(21)10-4-3-9(7-17-10)14(22)23/h3-7H,1-2H3,(H,22,23)(H,18,19,21). The number of carboxylic acids is 1. The second kappa shape index (κ2) is 6.20. The van der Waals surface area contributed by atoms with E-state index >= 15 is 0 Å². The SMILES string of the molecule is Cc1nc(NC(=O)c2ccc(C(=O)O)cn2)sc1-c1nccn1C. The van der Waals surface area contributed by atoms with Crippen LogP contribution < -0.4 is 5.32 Å². The molecule has 0 unspecified atom stereocenters. The number of anilines is 1. The Morgan fingerprint density at radius 3 is 2.67 bits per heavy atom. The summed E-state index contributed by atoms with van der Waals surface area (Å²) >= 11 is 1.31. The Bertz CT molecular complexity index is 914. The molecule has 122 valence electrons. The van der Waals surface area contributed by atoms with Crippen molar-refractivity contribution < 1.29 is 14.7 Å². The number of amides is 1. The summed E-state index contributed by atoms with van der Waals surface area (Å²) in [5.41, 5.74) is 0.902. The van der Waals surface area contributed by atoms with Gasteiger partial charge in [-0.2, -0.15) is 0 Å². The smallest absolute Gasteiger partial charge is 0.337 e. The fourth-order valence-corrected chi connectivity index (χ4v) is 3.06. The molecule has 0 spiro atoms. The minimum Gasteiger partial charge on any atom is -0.478 e. The number of thiazole rings is 1. The fourth-order valence-electron chi connectivity index (χ4n) is 2.06. The Hall–Kier alpha value is -3.07. The van der Waals surface area contributed by atoms with E-state index in [0.717, 1.165) is 22.6 Å². The maximum absolute atomic E-state index is 12.2.